The van der Waals surface area contributed by atoms with Gasteiger partial charge in [0.05, 0.1) is 6.10 Å². The van der Waals surface area contributed by atoms with Gasteiger partial charge in [0.15, 0.2) is 0 Å². The summed E-state index contributed by atoms with van der Waals surface area (Å²) >= 11 is 7.00. The third-order valence-corrected chi connectivity index (χ3v) is 4.68. The van der Waals surface area contributed by atoms with Crippen molar-refractivity contribution < 1.29 is 5.11 Å². The average Bonchev–Trinajstić information content (AvgIpc) is 2.47. The SMILES string of the molecule is CN(CCC(O)c1cccc(Br)c1)Cc1ccccc1Br. The van der Waals surface area contributed by atoms with E-state index in [2.05, 4.69) is 55.9 Å². The molecule has 0 radical (unpaired) electrons. The van der Waals surface area contributed by atoms with Crippen LogP contribution in [0.15, 0.2) is 57.5 Å². The molecule has 21 heavy (non-hydrogen) atoms. The summed E-state index contributed by atoms with van der Waals surface area (Å²) in [5.74, 6) is 0. The fraction of sp³-hybridized carbons (Fsp3) is 0.294. The number of hydrogen-bond donors (Lipinski definition) is 1. The van der Waals surface area contributed by atoms with Gasteiger partial charge in [0.1, 0.15) is 0 Å². The number of benzene rings is 2. The van der Waals surface area contributed by atoms with Crippen molar-refractivity contribution in [2.24, 2.45) is 0 Å². The van der Waals surface area contributed by atoms with Crippen LogP contribution in [0.3, 0.4) is 0 Å². The minimum Gasteiger partial charge on any atom is -0.388 e. The van der Waals surface area contributed by atoms with Crippen LogP contribution in [0.2, 0.25) is 0 Å². The van der Waals surface area contributed by atoms with E-state index in [0.717, 1.165) is 34.0 Å². The average molecular weight is 413 g/mol. The van der Waals surface area contributed by atoms with E-state index in [1.165, 1.54) is 5.56 Å². The maximum atomic E-state index is 10.3. The Morgan fingerprint density at radius 3 is 2.57 bits per heavy atom. The van der Waals surface area contributed by atoms with E-state index in [0.29, 0.717) is 0 Å². The van der Waals surface area contributed by atoms with Crippen molar-refractivity contribution in [2.45, 2.75) is 19.1 Å². The molecule has 2 aromatic carbocycles. The Kier molecular flexibility index (Phi) is 6.42. The van der Waals surface area contributed by atoms with Gasteiger partial charge >= 0.3 is 0 Å². The molecule has 1 N–H and O–H groups in total. The van der Waals surface area contributed by atoms with E-state index < -0.39 is 6.10 Å². The highest BCUT2D eigenvalue weighted by atomic mass is 79.9. The topological polar surface area (TPSA) is 23.5 Å². The van der Waals surface area contributed by atoms with Gasteiger partial charge in [-0.3, -0.25) is 0 Å². The Morgan fingerprint density at radius 1 is 1.10 bits per heavy atom. The molecule has 0 amide bonds. The fourth-order valence-electron chi connectivity index (χ4n) is 2.22. The summed E-state index contributed by atoms with van der Waals surface area (Å²) in [5.41, 5.74) is 2.22. The zero-order chi connectivity index (χ0) is 15.2. The van der Waals surface area contributed by atoms with Crippen LogP contribution in [0.25, 0.3) is 0 Å². The quantitative estimate of drug-likeness (QED) is 0.738. The molecule has 0 aliphatic carbocycles. The summed E-state index contributed by atoms with van der Waals surface area (Å²) in [6, 6.07) is 16.1. The first-order valence-corrected chi connectivity index (χ1v) is 8.50. The van der Waals surface area contributed by atoms with E-state index >= 15 is 0 Å². The second-order valence-electron chi connectivity index (χ2n) is 5.19. The van der Waals surface area contributed by atoms with E-state index in [1.807, 2.05) is 36.4 Å². The molecule has 0 heterocycles. The molecule has 2 rings (SSSR count). The van der Waals surface area contributed by atoms with Crippen LogP contribution in [0.4, 0.5) is 0 Å². The first kappa shape index (κ1) is 16.7. The lowest BCUT2D eigenvalue weighted by Crippen LogP contribution is -2.21. The molecular formula is C17H19Br2NO. The molecule has 0 aliphatic heterocycles. The zero-order valence-corrected chi connectivity index (χ0v) is 15.1. The Labute approximate surface area is 143 Å². The Hall–Kier alpha value is -0.680. The van der Waals surface area contributed by atoms with E-state index in [-0.39, 0.29) is 0 Å². The highest BCUT2D eigenvalue weighted by Gasteiger charge is 2.10. The molecule has 2 aromatic rings. The summed E-state index contributed by atoms with van der Waals surface area (Å²) < 4.78 is 2.13. The van der Waals surface area contributed by atoms with Crippen molar-refractivity contribution in [2.75, 3.05) is 13.6 Å². The van der Waals surface area contributed by atoms with Gasteiger partial charge in [-0.15, -0.1) is 0 Å². The van der Waals surface area contributed by atoms with Crippen LogP contribution in [-0.4, -0.2) is 23.6 Å². The van der Waals surface area contributed by atoms with Crippen molar-refractivity contribution >= 4 is 31.9 Å². The van der Waals surface area contributed by atoms with Crippen molar-refractivity contribution in [3.05, 3.63) is 68.6 Å². The molecule has 0 fully saturated rings. The smallest absolute Gasteiger partial charge is 0.0802 e. The first-order chi connectivity index (χ1) is 10.1. The largest absolute Gasteiger partial charge is 0.388 e. The van der Waals surface area contributed by atoms with Gasteiger partial charge in [-0.2, -0.15) is 0 Å². The number of nitrogens with zero attached hydrogens (tertiary/aromatic N) is 1. The van der Waals surface area contributed by atoms with Gasteiger partial charge in [-0.05, 0) is 42.8 Å². The lowest BCUT2D eigenvalue weighted by atomic mass is 10.1. The van der Waals surface area contributed by atoms with Gasteiger partial charge in [0.2, 0.25) is 0 Å². The van der Waals surface area contributed by atoms with Crippen molar-refractivity contribution in [3.8, 4) is 0 Å². The minimum atomic E-state index is -0.427. The first-order valence-electron chi connectivity index (χ1n) is 6.92. The molecule has 2 nitrogen and oxygen atoms in total. The highest BCUT2D eigenvalue weighted by Crippen LogP contribution is 2.22. The molecule has 1 unspecified atom stereocenters. The number of aliphatic hydroxyl groups is 1. The molecular weight excluding hydrogens is 394 g/mol. The molecule has 0 aliphatic rings. The van der Waals surface area contributed by atoms with Gasteiger partial charge in [-0.1, -0.05) is 62.2 Å². The van der Waals surface area contributed by atoms with Crippen LogP contribution in [0.5, 0.6) is 0 Å². The predicted molar refractivity (Wildman–Crippen MR) is 94.2 cm³/mol. The number of halogens is 2. The Bertz CT molecular complexity index is 589. The normalized spacial score (nSPS) is 12.6. The maximum Gasteiger partial charge on any atom is 0.0802 e. The van der Waals surface area contributed by atoms with Crippen LogP contribution in [0, 0.1) is 0 Å². The summed E-state index contributed by atoms with van der Waals surface area (Å²) in [5, 5.41) is 10.3. The number of hydrogen-bond acceptors (Lipinski definition) is 2. The zero-order valence-electron chi connectivity index (χ0n) is 12.0. The number of aliphatic hydroxyl groups excluding tert-OH is 1. The van der Waals surface area contributed by atoms with E-state index in [9.17, 15) is 5.11 Å². The van der Waals surface area contributed by atoms with Crippen molar-refractivity contribution in [1.82, 2.24) is 4.90 Å². The summed E-state index contributed by atoms with van der Waals surface area (Å²) in [6.45, 7) is 1.71. The molecule has 1 atom stereocenters. The van der Waals surface area contributed by atoms with Gasteiger partial charge in [-0.25, -0.2) is 0 Å². The predicted octanol–water partition coefficient (Wildman–Crippen LogP) is 4.77. The lowest BCUT2D eigenvalue weighted by molar-refractivity contribution is 0.147. The molecule has 112 valence electrons. The number of rotatable bonds is 6. The molecule has 0 aromatic heterocycles. The van der Waals surface area contributed by atoms with Crippen molar-refractivity contribution in [1.29, 1.82) is 0 Å². The summed E-state index contributed by atoms with van der Waals surface area (Å²) in [6.07, 6.45) is 0.293. The van der Waals surface area contributed by atoms with Crippen LogP contribution < -0.4 is 0 Å². The van der Waals surface area contributed by atoms with Crippen LogP contribution in [0.1, 0.15) is 23.7 Å². The van der Waals surface area contributed by atoms with Gasteiger partial charge in [0, 0.05) is 22.0 Å². The highest BCUT2D eigenvalue weighted by molar-refractivity contribution is 9.10. The second kappa shape index (κ2) is 8.08. The standard InChI is InChI=1S/C17H19Br2NO/c1-20(12-14-5-2-3-8-16(14)19)10-9-17(21)13-6-4-7-15(18)11-13/h2-8,11,17,21H,9-10,12H2,1H3. The molecule has 0 bridgehead atoms. The molecule has 0 saturated carbocycles. The summed E-state index contributed by atoms with van der Waals surface area (Å²) in [4.78, 5) is 2.22. The maximum absolute atomic E-state index is 10.3. The van der Waals surface area contributed by atoms with E-state index in [4.69, 9.17) is 0 Å². The molecule has 0 spiro atoms. The molecule has 4 heteroatoms. The van der Waals surface area contributed by atoms with Gasteiger partial charge in [0.25, 0.3) is 0 Å². The third-order valence-electron chi connectivity index (χ3n) is 3.42. The minimum absolute atomic E-state index is 0.427. The third kappa shape index (κ3) is 5.22. The fourth-order valence-corrected chi connectivity index (χ4v) is 3.05. The van der Waals surface area contributed by atoms with Gasteiger partial charge < -0.3 is 10.0 Å². The Morgan fingerprint density at radius 2 is 1.86 bits per heavy atom. The molecule has 0 saturated heterocycles. The van der Waals surface area contributed by atoms with Crippen LogP contribution in [-0.2, 0) is 6.54 Å². The second-order valence-corrected chi connectivity index (χ2v) is 6.96. The lowest BCUT2D eigenvalue weighted by Gasteiger charge is -2.20. The monoisotopic (exact) mass is 411 g/mol. The Balaban J connectivity index is 1.86. The van der Waals surface area contributed by atoms with Crippen molar-refractivity contribution in [3.63, 3.8) is 0 Å². The summed E-state index contributed by atoms with van der Waals surface area (Å²) in [7, 11) is 2.08. The van der Waals surface area contributed by atoms with Crippen LogP contribution >= 0.6 is 31.9 Å². The van der Waals surface area contributed by atoms with E-state index in [1.54, 1.807) is 0 Å².